The van der Waals surface area contributed by atoms with Crippen LogP contribution in [0.4, 0.5) is 0 Å². The molecular weight excluding hydrogens is 248 g/mol. The molecule has 2 nitrogen and oxygen atoms in total. The topological polar surface area (TPSA) is 26.3 Å². The van der Waals surface area contributed by atoms with Gasteiger partial charge in [-0.1, -0.05) is 36.4 Å². The first-order chi connectivity index (χ1) is 9.66. The minimum atomic E-state index is -0.235. The summed E-state index contributed by atoms with van der Waals surface area (Å²) in [5, 5.41) is 0. The molecule has 0 aromatic heterocycles. The zero-order valence-corrected chi connectivity index (χ0v) is 12.1. The van der Waals surface area contributed by atoms with Crippen LogP contribution in [0, 0.1) is 13.8 Å². The summed E-state index contributed by atoms with van der Waals surface area (Å²) in [6.07, 6.45) is 1.78. The average molecular weight is 268 g/mol. The van der Waals surface area contributed by atoms with Crippen LogP contribution in [0.25, 0.3) is 0 Å². The molecule has 2 heteroatoms. The van der Waals surface area contributed by atoms with Crippen LogP contribution in [0.5, 0.6) is 0 Å². The van der Waals surface area contributed by atoms with Gasteiger partial charge in [0.15, 0.2) is 0 Å². The van der Waals surface area contributed by atoms with Crippen LogP contribution in [0.15, 0.2) is 48.5 Å². The van der Waals surface area contributed by atoms with E-state index in [1.165, 1.54) is 11.1 Å². The molecule has 0 aliphatic heterocycles. The smallest absolute Gasteiger partial charge is 0.338 e. The van der Waals surface area contributed by atoms with Gasteiger partial charge in [0.2, 0.25) is 0 Å². The second-order valence-corrected chi connectivity index (χ2v) is 5.02. The fraction of sp³-hybridized carbons (Fsp3) is 0.278. The third-order valence-corrected chi connectivity index (χ3v) is 3.43. The van der Waals surface area contributed by atoms with E-state index < -0.39 is 0 Å². The molecule has 0 aliphatic rings. The number of hydrogen-bond acceptors (Lipinski definition) is 2. The third-order valence-electron chi connectivity index (χ3n) is 3.43. The van der Waals surface area contributed by atoms with Crippen molar-refractivity contribution in [2.24, 2.45) is 0 Å². The van der Waals surface area contributed by atoms with E-state index in [4.69, 9.17) is 4.74 Å². The number of benzene rings is 2. The van der Waals surface area contributed by atoms with Crippen LogP contribution in [-0.4, -0.2) is 12.6 Å². The van der Waals surface area contributed by atoms with Gasteiger partial charge in [0.25, 0.3) is 0 Å². The molecule has 2 aromatic carbocycles. The van der Waals surface area contributed by atoms with Crippen molar-refractivity contribution in [1.29, 1.82) is 0 Å². The molecule has 0 bridgehead atoms. The quantitative estimate of drug-likeness (QED) is 0.603. The summed E-state index contributed by atoms with van der Waals surface area (Å²) in [5.41, 5.74) is 4.21. The lowest BCUT2D eigenvalue weighted by Crippen LogP contribution is -2.07. The highest BCUT2D eigenvalue weighted by Crippen LogP contribution is 2.11. The summed E-state index contributed by atoms with van der Waals surface area (Å²) in [5.74, 6) is -0.235. The van der Waals surface area contributed by atoms with Crippen LogP contribution in [0.3, 0.4) is 0 Å². The number of rotatable bonds is 5. The predicted octanol–water partition coefficient (Wildman–Crippen LogP) is 4.09. The summed E-state index contributed by atoms with van der Waals surface area (Å²) in [4.78, 5) is 11.9. The van der Waals surface area contributed by atoms with Crippen LogP contribution < -0.4 is 0 Å². The third kappa shape index (κ3) is 3.95. The van der Waals surface area contributed by atoms with Gasteiger partial charge in [0.1, 0.15) is 0 Å². The van der Waals surface area contributed by atoms with E-state index in [0.29, 0.717) is 12.2 Å². The Kier molecular flexibility index (Phi) is 4.94. The highest BCUT2D eigenvalue weighted by atomic mass is 16.5. The normalized spacial score (nSPS) is 10.3. The molecule has 20 heavy (non-hydrogen) atoms. The molecule has 104 valence electrons. The maximum Gasteiger partial charge on any atom is 0.338 e. The molecule has 0 saturated heterocycles. The zero-order valence-electron chi connectivity index (χ0n) is 12.1. The van der Waals surface area contributed by atoms with Crippen molar-refractivity contribution in [3.05, 3.63) is 70.8 Å². The molecule has 2 aromatic rings. The van der Waals surface area contributed by atoms with Crippen molar-refractivity contribution in [3.63, 3.8) is 0 Å². The molecule has 2 rings (SSSR count). The molecule has 0 radical (unpaired) electrons. The standard InChI is InChI=1S/C18H20O2/c1-14-10-11-17(13-15(14)2)18(19)20-12-6-9-16-7-4-3-5-8-16/h3-5,7-8,10-11,13H,6,9,12H2,1-2H3. The van der Waals surface area contributed by atoms with E-state index in [2.05, 4.69) is 12.1 Å². The van der Waals surface area contributed by atoms with Gasteiger partial charge in [-0.25, -0.2) is 4.79 Å². The van der Waals surface area contributed by atoms with Gasteiger partial charge in [0.05, 0.1) is 12.2 Å². The van der Waals surface area contributed by atoms with Crippen LogP contribution in [0.2, 0.25) is 0 Å². The number of carbonyl (C=O) groups is 1. The van der Waals surface area contributed by atoms with Crippen molar-refractivity contribution in [2.45, 2.75) is 26.7 Å². The molecule has 0 fully saturated rings. The number of carbonyl (C=O) groups excluding carboxylic acids is 1. The van der Waals surface area contributed by atoms with Gasteiger partial charge in [-0.2, -0.15) is 0 Å². The zero-order chi connectivity index (χ0) is 14.4. The van der Waals surface area contributed by atoms with Gasteiger partial charge in [-0.05, 0) is 55.5 Å². The maximum absolute atomic E-state index is 11.9. The summed E-state index contributed by atoms with van der Waals surface area (Å²) in [6, 6.07) is 15.9. The van der Waals surface area contributed by atoms with Gasteiger partial charge < -0.3 is 4.74 Å². The first-order valence-electron chi connectivity index (χ1n) is 6.95. The Bertz CT molecular complexity index is 573. The Morgan fingerprint density at radius 1 is 1.00 bits per heavy atom. The monoisotopic (exact) mass is 268 g/mol. The lowest BCUT2D eigenvalue weighted by atomic mass is 10.1. The Balaban J connectivity index is 1.79. The van der Waals surface area contributed by atoms with Gasteiger partial charge in [-0.15, -0.1) is 0 Å². The molecule has 0 unspecified atom stereocenters. The number of esters is 1. The van der Waals surface area contributed by atoms with E-state index in [-0.39, 0.29) is 5.97 Å². The molecule has 0 amide bonds. The van der Waals surface area contributed by atoms with E-state index in [1.54, 1.807) is 0 Å². The van der Waals surface area contributed by atoms with E-state index >= 15 is 0 Å². The average Bonchev–Trinajstić information content (AvgIpc) is 2.47. The van der Waals surface area contributed by atoms with Crippen LogP contribution in [-0.2, 0) is 11.2 Å². The fourth-order valence-electron chi connectivity index (χ4n) is 2.04. The fourth-order valence-corrected chi connectivity index (χ4v) is 2.04. The Morgan fingerprint density at radius 3 is 2.45 bits per heavy atom. The minimum Gasteiger partial charge on any atom is -0.462 e. The van der Waals surface area contributed by atoms with Crippen molar-refractivity contribution in [1.82, 2.24) is 0 Å². The molecular formula is C18H20O2. The lowest BCUT2D eigenvalue weighted by Gasteiger charge is -2.07. The second kappa shape index (κ2) is 6.90. The van der Waals surface area contributed by atoms with Crippen LogP contribution >= 0.6 is 0 Å². The first-order valence-corrected chi connectivity index (χ1v) is 6.95. The largest absolute Gasteiger partial charge is 0.462 e. The molecule has 0 aliphatic carbocycles. The van der Waals surface area contributed by atoms with Crippen molar-refractivity contribution in [2.75, 3.05) is 6.61 Å². The van der Waals surface area contributed by atoms with Crippen LogP contribution in [0.1, 0.15) is 33.5 Å². The van der Waals surface area contributed by atoms with Crippen molar-refractivity contribution < 1.29 is 9.53 Å². The van der Waals surface area contributed by atoms with Crippen molar-refractivity contribution in [3.8, 4) is 0 Å². The SMILES string of the molecule is Cc1ccc(C(=O)OCCCc2ccccc2)cc1C. The van der Waals surface area contributed by atoms with Gasteiger partial charge >= 0.3 is 5.97 Å². The maximum atomic E-state index is 11.9. The van der Waals surface area contributed by atoms with Gasteiger partial charge in [-0.3, -0.25) is 0 Å². The first kappa shape index (κ1) is 14.3. The summed E-state index contributed by atoms with van der Waals surface area (Å²) < 4.78 is 5.31. The summed E-state index contributed by atoms with van der Waals surface area (Å²) >= 11 is 0. The Labute approximate surface area is 120 Å². The number of ether oxygens (including phenoxy) is 1. The highest BCUT2D eigenvalue weighted by molar-refractivity contribution is 5.89. The van der Waals surface area contributed by atoms with Crippen molar-refractivity contribution >= 4 is 5.97 Å². The highest BCUT2D eigenvalue weighted by Gasteiger charge is 2.07. The summed E-state index contributed by atoms with van der Waals surface area (Å²) in [7, 11) is 0. The molecule has 0 heterocycles. The number of aryl methyl sites for hydroxylation is 3. The van der Waals surface area contributed by atoms with E-state index in [1.807, 2.05) is 50.2 Å². The molecule has 0 atom stereocenters. The molecule has 0 N–H and O–H groups in total. The van der Waals surface area contributed by atoms with E-state index in [9.17, 15) is 4.79 Å². The lowest BCUT2D eigenvalue weighted by molar-refractivity contribution is 0.0500. The van der Waals surface area contributed by atoms with E-state index in [0.717, 1.165) is 18.4 Å². The molecule has 0 saturated carbocycles. The summed E-state index contributed by atoms with van der Waals surface area (Å²) in [6.45, 7) is 4.49. The minimum absolute atomic E-state index is 0.235. The second-order valence-electron chi connectivity index (χ2n) is 5.02. The molecule has 0 spiro atoms. The Hall–Kier alpha value is -2.09. The predicted molar refractivity (Wildman–Crippen MR) is 81.0 cm³/mol. The van der Waals surface area contributed by atoms with Gasteiger partial charge in [0, 0.05) is 0 Å². The number of hydrogen-bond donors (Lipinski definition) is 0. The Morgan fingerprint density at radius 2 is 1.75 bits per heavy atom.